The molecule has 6 heteroatoms. The highest BCUT2D eigenvalue weighted by molar-refractivity contribution is 6.76. The van der Waals surface area contributed by atoms with Gasteiger partial charge in [-0.25, -0.2) is 0 Å². The van der Waals surface area contributed by atoms with E-state index in [2.05, 4.69) is 26.2 Å². The van der Waals surface area contributed by atoms with Gasteiger partial charge in [0.05, 0.1) is 25.6 Å². The van der Waals surface area contributed by atoms with E-state index in [1.54, 1.807) is 13.8 Å². The maximum atomic E-state index is 12.1. The first-order chi connectivity index (χ1) is 10.1. The Kier molecular flexibility index (Phi) is 8.44. The van der Waals surface area contributed by atoms with Crippen molar-refractivity contribution in [1.29, 1.82) is 0 Å². The third kappa shape index (κ3) is 7.11. The van der Waals surface area contributed by atoms with Crippen molar-refractivity contribution in [2.75, 3.05) is 19.8 Å². The Morgan fingerprint density at radius 3 is 1.82 bits per heavy atom. The molecule has 0 aliphatic heterocycles. The van der Waals surface area contributed by atoms with Gasteiger partial charge < -0.3 is 14.2 Å². The second kappa shape index (κ2) is 8.98. The van der Waals surface area contributed by atoms with Crippen molar-refractivity contribution in [3.8, 4) is 0 Å². The molecule has 22 heavy (non-hydrogen) atoms. The fourth-order valence-electron chi connectivity index (χ4n) is 1.76. The number of rotatable bonds is 10. The van der Waals surface area contributed by atoms with Gasteiger partial charge in [-0.3, -0.25) is 9.59 Å². The summed E-state index contributed by atoms with van der Waals surface area (Å²) in [4.78, 5) is 24.3. The highest BCUT2D eigenvalue weighted by atomic mass is 28.3. The minimum Gasteiger partial charge on any atom is -0.499 e. The maximum Gasteiger partial charge on any atom is 0.323 e. The number of allylic oxidation sites excluding steroid dienone is 1. The second-order valence-corrected chi connectivity index (χ2v) is 12.3. The van der Waals surface area contributed by atoms with Gasteiger partial charge in [0, 0.05) is 14.5 Å². The van der Waals surface area contributed by atoms with E-state index >= 15 is 0 Å². The van der Waals surface area contributed by atoms with Crippen LogP contribution in [-0.4, -0.2) is 39.8 Å². The van der Waals surface area contributed by atoms with E-state index in [0.29, 0.717) is 12.4 Å². The minimum atomic E-state index is -1.41. The summed E-state index contributed by atoms with van der Waals surface area (Å²) in [5.41, 5.74) is -1.41. The van der Waals surface area contributed by atoms with Crippen LogP contribution in [0.1, 0.15) is 27.2 Å². The van der Waals surface area contributed by atoms with Crippen molar-refractivity contribution in [2.24, 2.45) is 5.41 Å². The van der Waals surface area contributed by atoms with Crippen molar-refractivity contribution in [3.63, 3.8) is 0 Å². The topological polar surface area (TPSA) is 61.8 Å². The van der Waals surface area contributed by atoms with E-state index in [9.17, 15) is 9.59 Å². The van der Waals surface area contributed by atoms with E-state index in [1.165, 1.54) is 6.92 Å². The van der Waals surface area contributed by atoms with Crippen LogP contribution in [0.2, 0.25) is 25.7 Å². The molecule has 0 fully saturated rings. The fraction of sp³-hybridized carbons (Fsp3) is 0.750. The van der Waals surface area contributed by atoms with Gasteiger partial charge in [0.25, 0.3) is 0 Å². The highest BCUT2D eigenvalue weighted by Crippen LogP contribution is 2.30. The van der Waals surface area contributed by atoms with Gasteiger partial charge in [0.15, 0.2) is 5.41 Å². The molecule has 0 rings (SSSR count). The first-order valence-corrected chi connectivity index (χ1v) is 11.4. The summed E-state index contributed by atoms with van der Waals surface area (Å²) in [7, 11) is -1.20. The van der Waals surface area contributed by atoms with Gasteiger partial charge in [0.2, 0.25) is 0 Å². The Morgan fingerprint density at radius 1 is 1.00 bits per heavy atom. The molecular weight excluding hydrogens is 300 g/mol. The molecule has 128 valence electrons. The molecule has 0 radical (unpaired) electrons. The Bertz CT molecular complexity index is 380. The summed E-state index contributed by atoms with van der Waals surface area (Å²) in [6, 6.07) is 0.988. The van der Waals surface area contributed by atoms with Gasteiger partial charge in [-0.2, -0.15) is 0 Å². The largest absolute Gasteiger partial charge is 0.499 e. The van der Waals surface area contributed by atoms with Gasteiger partial charge in [-0.05, 0) is 26.8 Å². The number of hydrogen-bond donors (Lipinski definition) is 0. The highest BCUT2D eigenvalue weighted by Gasteiger charge is 2.45. The number of hydrogen-bond acceptors (Lipinski definition) is 5. The molecule has 0 N–H and O–H groups in total. The van der Waals surface area contributed by atoms with Crippen LogP contribution >= 0.6 is 0 Å². The molecule has 0 saturated heterocycles. The zero-order valence-corrected chi connectivity index (χ0v) is 15.8. The van der Waals surface area contributed by atoms with Crippen LogP contribution in [0, 0.1) is 5.41 Å². The predicted molar refractivity (Wildman–Crippen MR) is 89.2 cm³/mol. The first-order valence-electron chi connectivity index (χ1n) is 7.72. The molecule has 0 aromatic rings. The van der Waals surface area contributed by atoms with Crippen LogP contribution in [0.5, 0.6) is 0 Å². The molecular formula is C16H30O5Si. The van der Waals surface area contributed by atoms with E-state index in [0.717, 1.165) is 6.04 Å². The number of esters is 2. The van der Waals surface area contributed by atoms with Gasteiger partial charge in [0.1, 0.15) is 0 Å². The fourth-order valence-corrected chi connectivity index (χ4v) is 2.47. The molecule has 0 amide bonds. The average Bonchev–Trinajstić information content (AvgIpc) is 2.37. The molecule has 0 aliphatic carbocycles. The van der Waals surface area contributed by atoms with E-state index in [-0.39, 0.29) is 19.6 Å². The summed E-state index contributed by atoms with van der Waals surface area (Å²) in [6.07, 6.45) is 0.0658. The van der Waals surface area contributed by atoms with Crippen molar-refractivity contribution in [1.82, 2.24) is 0 Å². The van der Waals surface area contributed by atoms with Crippen LogP contribution in [0.15, 0.2) is 12.3 Å². The number of carbonyl (C=O) groups excluding carboxylic acids is 2. The lowest BCUT2D eigenvalue weighted by molar-refractivity contribution is -0.171. The molecule has 0 aliphatic rings. The van der Waals surface area contributed by atoms with Crippen LogP contribution < -0.4 is 0 Å². The molecule has 0 unspecified atom stereocenters. The molecule has 5 nitrogen and oxygen atoms in total. The van der Waals surface area contributed by atoms with Crippen molar-refractivity contribution in [2.45, 2.75) is 52.9 Å². The van der Waals surface area contributed by atoms with Crippen LogP contribution in [0.4, 0.5) is 0 Å². The maximum absolute atomic E-state index is 12.1. The smallest absolute Gasteiger partial charge is 0.323 e. The molecule has 0 heterocycles. The van der Waals surface area contributed by atoms with Crippen molar-refractivity contribution >= 4 is 20.0 Å². The van der Waals surface area contributed by atoms with E-state index in [1.807, 2.05) is 0 Å². The van der Waals surface area contributed by atoms with Gasteiger partial charge in [-0.15, -0.1) is 0 Å². The molecule has 0 bridgehead atoms. The van der Waals surface area contributed by atoms with E-state index < -0.39 is 25.4 Å². The summed E-state index contributed by atoms with van der Waals surface area (Å²) in [5, 5.41) is 0. The number of carbonyl (C=O) groups is 2. The minimum absolute atomic E-state index is 0.0658. The zero-order valence-electron chi connectivity index (χ0n) is 14.8. The van der Waals surface area contributed by atoms with Gasteiger partial charge in [-0.1, -0.05) is 26.2 Å². The molecule has 0 aromatic carbocycles. The van der Waals surface area contributed by atoms with Crippen LogP contribution in [-0.2, 0) is 23.8 Å². The first kappa shape index (κ1) is 20.7. The summed E-state index contributed by atoms with van der Waals surface area (Å²) >= 11 is 0. The standard InChI is InChI=1S/C16H30O5Si/c1-8-19-14(17)16(4,15(18)20-9-2)12-13(3)21-10-11-22(5,6)7/h3,8-12H2,1-2,4-7H3. The molecule has 0 atom stereocenters. The van der Waals surface area contributed by atoms with Crippen LogP contribution in [0.25, 0.3) is 0 Å². The summed E-state index contributed by atoms with van der Waals surface area (Å²) < 4.78 is 15.6. The van der Waals surface area contributed by atoms with Crippen LogP contribution in [0.3, 0.4) is 0 Å². The lowest BCUT2D eigenvalue weighted by Gasteiger charge is -2.26. The molecule has 0 saturated carbocycles. The average molecular weight is 330 g/mol. The Balaban J connectivity index is 4.80. The third-order valence-electron chi connectivity index (χ3n) is 3.16. The quantitative estimate of drug-likeness (QED) is 0.266. The second-order valence-electron chi connectivity index (χ2n) is 6.65. The Hall–Kier alpha value is -1.30. The number of ether oxygens (including phenoxy) is 3. The Labute approximate surface area is 135 Å². The summed E-state index contributed by atoms with van der Waals surface area (Å²) in [6.45, 7) is 16.4. The van der Waals surface area contributed by atoms with E-state index in [4.69, 9.17) is 14.2 Å². The summed E-state index contributed by atoms with van der Waals surface area (Å²) in [5.74, 6) is -0.811. The zero-order chi connectivity index (χ0) is 17.4. The third-order valence-corrected chi connectivity index (χ3v) is 4.87. The Morgan fingerprint density at radius 2 is 1.45 bits per heavy atom. The van der Waals surface area contributed by atoms with Crippen molar-refractivity contribution in [3.05, 3.63) is 12.3 Å². The predicted octanol–water partition coefficient (Wildman–Crippen LogP) is 3.38. The lowest BCUT2D eigenvalue weighted by atomic mass is 9.86. The normalized spacial score (nSPS) is 11.7. The SMILES string of the molecule is C=C(CC(C)(C(=O)OCC)C(=O)OCC)OCC[Si](C)(C)C. The molecule has 0 aromatic heterocycles. The van der Waals surface area contributed by atoms with Gasteiger partial charge >= 0.3 is 11.9 Å². The van der Waals surface area contributed by atoms with Crippen molar-refractivity contribution < 1.29 is 23.8 Å². The monoisotopic (exact) mass is 330 g/mol. The lowest BCUT2D eigenvalue weighted by Crippen LogP contribution is -2.40. The molecule has 0 spiro atoms.